The average Bonchev–Trinajstić information content (AvgIpc) is 2.60. The van der Waals surface area contributed by atoms with E-state index in [-0.39, 0.29) is 0 Å². The highest BCUT2D eigenvalue weighted by Gasteiger charge is 2.15. The van der Waals surface area contributed by atoms with Gasteiger partial charge in [0.2, 0.25) is 0 Å². The highest BCUT2D eigenvalue weighted by molar-refractivity contribution is 7.99. The summed E-state index contributed by atoms with van der Waals surface area (Å²) in [6.45, 7) is 1.01. The molecule has 0 aliphatic carbocycles. The fourth-order valence-corrected chi connectivity index (χ4v) is 2.99. The van der Waals surface area contributed by atoms with Crippen molar-refractivity contribution in [3.63, 3.8) is 0 Å². The Kier molecular flexibility index (Phi) is 3.19. The smallest absolute Gasteiger partial charge is 0.197 e. The Morgan fingerprint density at radius 3 is 3.00 bits per heavy atom. The Labute approximate surface area is 110 Å². The molecular weight excluding hydrogens is 246 g/mol. The zero-order valence-corrected chi connectivity index (χ0v) is 10.9. The molecule has 0 atom stereocenters. The number of hydrogen-bond acceptors (Lipinski definition) is 5. The molecule has 0 saturated heterocycles. The zero-order valence-electron chi connectivity index (χ0n) is 10.0. The van der Waals surface area contributed by atoms with Gasteiger partial charge in [0, 0.05) is 13.0 Å². The minimum absolute atomic E-state index is 0.538. The van der Waals surface area contributed by atoms with Crippen LogP contribution in [-0.2, 0) is 13.0 Å². The summed E-state index contributed by atoms with van der Waals surface area (Å²) in [4.78, 5) is 4.28. The van der Waals surface area contributed by atoms with Crippen LogP contribution in [0.25, 0.3) is 0 Å². The van der Waals surface area contributed by atoms with Gasteiger partial charge in [0.25, 0.3) is 0 Å². The molecule has 1 aliphatic rings. The summed E-state index contributed by atoms with van der Waals surface area (Å²) in [5.41, 5.74) is 5.68. The van der Waals surface area contributed by atoms with Crippen LogP contribution >= 0.6 is 11.8 Å². The van der Waals surface area contributed by atoms with Crippen LogP contribution in [0, 0.1) is 0 Å². The summed E-state index contributed by atoms with van der Waals surface area (Å²) in [7, 11) is 0. The predicted molar refractivity (Wildman–Crippen MR) is 70.3 cm³/mol. The van der Waals surface area contributed by atoms with Crippen molar-refractivity contribution in [3.8, 4) is 0 Å². The number of nitrogens with zero attached hydrogens (tertiary/aromatic N) is 4. The van der Waals surface area contributed by atoms with Crippen LogP contribution in [0.15, 0.2) is 28.4 Å². The minimum atomic E-state index is 0.538. The van der Waals surface area contributed by atoms with Crippen molar-refractivity contribution in [1.82, 2.24) is 19.7 Å². The maximum atomic E-state index is 5.68. The summed E-state index contributed by atoms with van der Waals surface area (Å²) in [5.74, 6) is 1.63. The van der Waals surface area contributed by atoms with Gasteiger partial charge in [-0.3, -0.25) is 0 Å². The second-order valence-corrected chi connectivity index (χ2v) is 5.35. The van der Waals surface area contributed by atoms with Gasteiger partial charge in [0.05, 0.1) is 0 Å². The molecule has 2 aromatic rings. The van der Waals surface area contributed by atoms with E-state index in [2.05, 4.69) is 19.7 Å². The highest BCUT2D eigenvalue weighted by Crippen LogP contribution is 2.27. The zero-order chi connectivity index (χ0) is 12.4. The Balaban J connectivity index is 1.87. The Hall–Kier alpha value is -1.56. The molecule has 0 aromatic carbocycles. The van der Waals surface area contributed by atoms with Gasteiger partial charge in [0.1, 0.15) is 16.7 Å². The van der Waals surface area contributed by atoms with E-state index in [1.54, 1.807) is 6.07 Å². The largest absolute Gasteiger partial charge is 0.384 e. The van der Waals surface area contributed by atoms with Gasteiger partial charge in [-0.05, 0) is 36.7 Å². The third kappa shape index (κ3) is 2.33. The summed E-state index contributed by atoms with van der Waals surface area (Å²) in [6.07, 6.45) is 4.70. The average molecular weight is 261 g/mol. The van der Waals surface area contributed by atoms with Crippen molar-refractivity contribution < 1.29 is 0 Å². The van der Waals surface area contributed by atoms with Crippen LogP contribution in [0.3, 0.4) is 0 Å². The maximum Gasteiger partial charge on any atom is 0.197 e. The van der Waals surface area contributed by atoms with E-state index < -0.39 is 0 Å². The van der Waals surface area contributed by atoms with Gasteiger partial charge in [-0.2, -0.15) is 0 Å². The first-order chi connectivity index (χ1) is 8.83. The quantitative estimate of drug-likeness (QED) is 0.896. The molecule has 6 heteroatoms. The molecule has 0 saturated carbocycles. The number of nitrogen functional groups attached to an aromatic ring is 1. The molecule has 0 fully saturated rings. The Morgan fingerprint density at radius 2 is 2.11 bits per heavy atom. The number of anilines is 1. The third-order valence-electron chi connectivity index (χ3n) is 3.02. The van der Waals surface area contributed by atoms with Crippen LogP contribution in [0.5, 0.6) is 0 Å². The summed E-state index contributed by atoms with van der Waals surface area (Å²) in [5, 5.41) is 10.3. The van der Waals surface area contributed by atoms with Gasteiger partial charge >= 0.3 is 0 Å². The lowest BCUT2D eigenvalue weighted by Gasteiger charge is -2.05. The van der Waals surface area contributed by atoms with E-state index in [1.165, 1.54) is 31.0 Å². The molecule has 0 radical (unpaired) electrons. The highest BCUT2D eigenvalue weighted by atomic mass is 32.2. The Bertz CT molecular complexity index is 551. The van der Waals surface area contributed by atoms with Crippen LogP contribution in [-0.4, -0.2) is 19.7 Å². The number of rotatable bonds is 2. The molecule has 0 bridgehead atoms. The van der Waals surface area contributed by atoms with Crippen molar-refractivity contribution in [2.45, 2.75) is 42.4 Å². The molecule has 0 unspecified atom stereocenters. The van der Waals surface area contributed by atoms with E-state index >= 15 is 0 Å². The Morgan fingerprint density at radius 1 is 1.17 bits per heavy atom. The van der Waals surface area contributed by atoms with Crippen molar-refractivity contribution in [2.24, 2.45) is 0 Å². The topological polar surface area (TPSA) is 69.6 Å². The fraction of sp³-hybridized carbons (Fsp3) is 0.417. The van der Waals surface area contributed by atoms with E-state index in [0.29, 0.717) is 5.82 Å². The van der Waals surface area contributed by atoms with E-state index in [1.807, 2.05) is 12.1 Å². The maximum absolute atomic E-state index is 5.68. The molecule has 0 spiro atoms. The summed E-state index contributed by atoms with van der Waals surface area (Å²) < 4.78 is 2.21. The summed E-state index contributed by atoms with van der Waals surface area (Å²) >= 11 is 1.53. The number of hydrogen-bond donors (Lipinski definition) is 1. The lowest BCUT2D eigenvalue weighted by atomic mass is 10.2. The van der Waals surface area contributed by atoms with Crippen LogP contribution < -0.4 is 5.73 Å². The molecule has 18 heavy (non-hydrogen) atoms. The first-order valence-corrected chi connectivity index (χ1v) is 6.97. The molecule has 94 valence electrons. The van der Waals surface area contributed by atoms with E-state index in [0.717, 1.165) is 29.0 Å². The molecule has 1 aliphatic heterocycles. The van der Waals surface area contributed by atoms with Crippen molar-refractivity contribution in [2.75, 3.05) is 5.73 Å². The van der Waals surface area contributed by atoms with E-state index in [4.69, 9.17) is 5.73 Å². The molecule has 3 heterocycles. The molecule has 2 N–H and O–H groups in total. The first-order valence-electron chi connectivity index (χ1n) is 6.15. The third-order valence-corrected chi connectivity index (χ3v) is 3.94. The molecule has 5 nitrogen and oxygen atoms in total. The number of nitrogens with two attached hydrogens (primary N) is 1. The van der Waals surface area contributed by atoms with Crippen molar-refractivity contribution in [1.29, 1.82) is 0 Å². The number of fused-ring (bicyclic) bond motifs is 1. The second kappa shape index (κ2) is 4.97. The number of aryl methyl sites for hydroxylation is 1. The normalized spacial score (nSPS) is 15.1. The molecule has 0 amide bonds. The standard InChI is InChI=1S/C12H15N5S/c13-9-5-4-7-11(14-9)18-12-16-15-10-6-2-1-3-8-17(10)12/h4-5,7H,1-3,6,8H2,(H2,13,14). The van der Waals surface area contributed by atoms with Crippen molar-refractivity contribution in [3.05, 3.63) is 24.0 Å². The van der Waals surface area contributed by atoms with E-state index in [9.17, 15) is 0 Å². The van der Waals surface area contributed by atoms with Crippen LogP contribution in [0.4, 0.5) is 5.82 Å². The monoisotopic (exact) mass is 261 g/mol. The molecular formula is C12H15N5S. The van der Waals surface area contributed by atoms with Gasteiger partial charge in [-0.15, -0.1) is 10.2 Å². The van der Waals surface area contributed by atoms with Crippen LogP contribution in [0.2, 0.25) is 0 Å². The second-order valence-electron chi connectivity index (χ2n) is 4.36. The number of pyridine rings is 1. The first kappa shape index (κ1) is 11.5. The fourth-order valence-electron chi connectivity index (χ4n) is 2.12. The molecule has 3 rings (SSSR count). The van der Waals surface area contributed by atoms with Crippen LogP contribution in [0.1, 0.15) is 25.1 Å². The minimum Gasteiger partial charge on any atom is -0.384 e. The van der Waals surface area contributed by atoms with Gasteiger partial charge in [0.15, 0.2) is 5.16 Å². The molecule has 2 aromatic heterocycles. The predicted octanol–water partition coefficient (Wildman–Crippen LogP) is 2.13. The lowest BCUT2D eigenvalue weighted by molar-refractivity contribution is 0.590. The van der Waals surface area contributed by atoms with Gasteiger partial charge in [-0.25, -0.2) is 4.98 Å². The van der Waals surface area contributed by atoms with Gasteiger partial charge in [-0.1, -0.05) is 12.5 Å². The summed E-state index contributed by atoms with van der Waals surface area (Å²) in [6, 6.07) is 5.64. The lowest BCUT2D eigenvalue weighted by Crippen LogP contribution is -2.02. The van der Waals surface area contributed by atoms with Crippen molar-refractivity contribution >= 4 is 17.6 Å². The SMILES string of the molecule is Nc1cccc(Sc2nnc3n2CCCCC3)n1. The number of aromatic nitrogens is 4. The van der Waals surface area contributed by atoms with Gasteiger partial charge < -0.3 is 10.3 Å².